The number of carbonyl (C=O) groups excluding carboxylic acids is 1. The molecule has 1 atom stereocenters. The fourth-order valence-corrected chi connectivity index (χ4v) is 2.52. The maximum Gasteiger partial charge on any atom is 0.232 e. The van der Waals surface area contributed by atoms with Crippen molar-refractivity contribution in [3.8, 4) is 0 Å². The number of aryl methyl sites for hydroxylation is 2. The normalized spacial score (nSPS) is 12.5. The Bertz CT molecular complexity index is 387. The van der Waals surface area contributed by atoms with Crippen molar-refractivity contribution in [1.29, 1.82) is 0 Å². The Kier molecular flexibility index (Phi) is 5.68. The maximum absolute atomic E-state index is 11.8. The summed E-state index contributed by atoms with van der Waals surface area (Å²) in [6.45, 7) is 5.57. The SMILES string of the molecule is Cc1noc(C)c1CSCC(=O)N(C)C(C)CO. The van der Waals surface area contributed by atoms with Crippen LogP contribution in [0.15, 0.2) is 4.52 Å². The van der Waals surface area contributed by atoms with Crippen LogP contribution in [0.2, 0.25) is 0 Å². The number of hydrogen-bond donors (Lipinski definition) is 1. The zero-order valence-electron chi connectivity index (χ0n) is 11.3. The summed E-state index contributed by atoms with van der Waals surface area (Å²) in [4.78, 5) is 13.4. The van der Waals surface area contributed by atoms with Crippen molar-refractivity contribution in [1.82, 2.24) is 10.1 Å². The van der Waals surface area contributed by atoms with Gasteiger partial charge in [0.05, 0.1) is 24.1 Å². The summed E-state index contributed by atoms with van der Waals surface area (Å²) in [5, 5.41) is 12.9. The number of aliphatic hydroxyl groups is 1. The first-order valence-corrected chi connectivity index (χ1v) is 6.98. The molecule has 1 heterocycles. The molecule has 6 heteroatoms. The second-order valence-electron chi connectivity index (χ2n) is 4.33. The zero-order chi connectivity index (χ0) is 13.7. The van der Waals surface area contributed by atoms with E-state index < -0.39 is 0 Å². The summed E-state index contributed by atoms with van der Waals surface area (Å²) in [6.07, 6.45) is 0. The van der Waals surface area contributed by atoms with Gasteiger partial charge in [-0.2, -0.15) is 0 Å². The number of rotatable bonds is 6. The fourth-order valence-electron chi connectivity index (χ4n) is 1.42. The predicted molar refractivity (Wildman–Crippen MR) is 71.5 cm³/mol. The highest BCUT2D eigenvalue weighted by Crippen LogP contribution is 2.19. The average molecular weight is 272 g/mol. The van der Waals surface area contributed by atoms with Gasteiger partial charge in [-0.05, 0) is 20.8 Å². The van der Waals surface area contributed by atoms with Crippen LogP contribution in [0, 0.1) is 13.8 Å². The van der Waals surface area contributed by atoms with Gasteiger partial charge in [-0.1, -0.05) is 5.16 Å². The van der Waals surface area contributed by atoms with Gasteiger partial charge in [0.1, 0.15) is 5.76 Å². The number of likely N-dealkylation sites (N-methyl/N-ethyl adjacent to an activating group) is 1. The molecule has 102 valence electrons. The van der Waals surface area contributed by atoms with Crippen LogP contribution in [-0.2, 0) is 10.5 Å². The van der Waals surface area contributed by atoms with E-state index in [1.54, 1.807) is 11.9 Å². The van der Waals surface area contributed by atoms with Gasteiger partial charge >= 0.3 is 0 Å². The molecule has 0 spiro atoms. The molecule has 1 aromatic heterocycles. The van der Waals surface area contributed by atoms with Crippen LogP contribution in [0.3, 0.4) is 0 Å². The third-order valence-corrected chi connectivity index (χ3v) is 3.92. The summed E-state index contributed by atoms with van der Waals surface area (Å²) >= 11 is 1.53. The molecule has 1 rings (SSSR count). The summed E-state index contributed by atoms with van der Waals surface area (Å²) < 4.78 is 5.06. The molecule has 1 amide bonds. The first kappa shape index (κ1) is 15.0. The van der Waals surface area contributed by atoms with Crippen molar-refractivity contribution < 1.29 is 14.4 Å². The largest absolute Gasteiger partial charge is 0.394 e. The maximum atomic E-state index is 11.8. The highest BCUT2D eigenvalue weighted by molar-refractivity contribution is 7.99. The lowest BCUT2D eigenvalue weighted by atomic mass is 10.2. The summed E-state index contributed by atoms with van der Waals surface area (Å²) in [7, 11) is 1.71. The van der Waals surface area contributed by atoms with Crippen LogP contribution in [0.5, 0.6) is 0 Å². The molecule has 18 heavy (non-hydrogen) atoms. The number of aliphatic hydroxyl groups excluding tert-OH is 1. The monoisotopic (exact) mass is 272 g/mol. The molecule has 0 saturated carbocycles. The van der Waals surface area contributed by atoms with E-state index in [-0.39, 0.29) is 18.6 Å². The predicted octanol–water partition coefficient (Wildman–Crippen LogP) is 1.36. The smallest absolute Gasteiger partial charge is 0.232 e. The van der Waals surface area contributed by atoms with Crippen LogP contribution < -0.4 is 0 Å². The van der Waals surface area contributed by atoms with Crippen molar-refractivity contribution >= 4 is 17.7 Å². The van der Waals surface area contributed by atoms with Crippen LogP contribution in [-0.4, -0.2) is 46.5 Å². The van der Waals surface area contributed by atoms with E-state index in [4.69, 9.17) is 9.63 Å². The summed E-state index contributed by atoms with van der Waals surface area (Å²) in [6, 6.07) is -0.142. The van der Waals surface area contributed by atoms with E-state index in [1.165, 1.54) is 11.8 Å². The van der Waals surface area contributed by atoms with Crippen molar-refractivity contribution in [2.45, 2.75) is 32.6 Å². The number of nitrogens with zero attached hydrogens (tertiary/aromatic N) is 2. The zero-order valence-corrected chi connectivity index (χ0v) is 12.1. The molecule has 0 saturated heterocycles. The number of aromatic nitrogens is 1. The van der Waals surface area contributed by atoms with Gasteiger partial charge in [0.15, 0.2) is 0 Å². The molecule has 0 aliphatic heterocycles. The molecular formula is C12H20N2O3S. The quantitative estimate of drug-likeness (QED) is 0.847. The Balaban J connectivity index is 2.40. The van der Waals surface area contributed by atoms with Crippen molar-refractivity contribution in [3.05, 3.63) is 17.0 Å². The highest BCUT2D eigenvalue weighted by atomic mass is 32.2. The molecule has 0 bridgehead atoms. The highest BCUT2D eigenvalue weighted by Gasteiger charge is 2.15. The first-order valence-electron chi connectivity index (χ1n) is 5.83. The van der Waals surface area contributed by atoms with Gasteiger partial charge in [0.2, 0.25) is 5.91 Å². The Morgan fingerprint density at radius 3 is 2.72 bits per heavy atom. The standard InChI is InChI=1S/C12H20N2O3S/c1-8(5-15)14(4)12(16)7-18-6-11-9(2)13-17-10(11)3/h8,15H,5-7H2,1-4H3. The Labute approximate surface area is 112 Å². The molecule has 1 N–H and O–H groups in total. The van der Waals surface area contributed by atoms with Crippen LogP contribution in [0.25, 0.3) is 0 Å². The van der Waals surface area contributed by atoms with E-state index in [0.29, 0.717) is 11.5 Å². The number of thioether (sulfide) groups is 1. The van der Waals surface area contributed by atoms with Crippen LogP contribution in [0.1, 0.15) is 23.9 Å². The molecule has 5 nitrogen and oxygen atoms in total. The van der Waals surface area contributed by atoms with E-state index >= 15 is 0 Å². The molecule has 0 aromatic carbocycles. The van der Waals surface area contributed by atoms with E-state index in [9.17, 15) is 4.79 Å². The molecule has 0 aliphatic rings. The number of hydrogen-bond acceptors (Lipinski definition) is 5. The lowest BCUT2D eigenvalue weighted by molar-refractivity contribution is -0.129. The number of carbonyl (C=O) groups is 1. The van der Waals surface area contributed by atoms with Gasteiger partial charge in [-0.25, -0.2) is 0 Å². The summed E-state index contributed by atoms with van der Waals surface area (Å²) in [5.74, 6) is 1.94. The molecule has 0 radical (unpaired) electrons. The average Bonchev–Trinajstić information content (AvgIpc) is 2.68. The van der Waals surface area contributed by atoms with E-state index in [0.717, 1.165) is 17.0 Å². The van der Waals surface area contributed by atoms with Crippen molar-refractivity contribution in [2.75, 3.05) is 19.4 Å². The van der Waals surface area contributed by atoms with Gasteiger partial charge in [0.25, 0.3) is 0 Å². The van der Waals surface area contributed by atoms with Crippen molar-refractivity contribution in [3.63, 3.8) is 0 Å². The minimum Gasteiger partial charge on any atom is -0.394 e. The molecule has 1 unspecified atom stereocenters. The lowest BCUT2D eigenvalue weighted by Crippen LogP contribution is -2.38. The molecule has 0 aliphatic carbocycles. The van der Waals surface area contributed by atoms with Crippen molar-refractivity contribution in [2.24, 2.45) is 0 Å². The van der Waals surface area contributed by atoms with Gasteiger partial charge in [0, 0.05) is 18.4 Å². The van der Waals surface area contributed by atoms with E-state index in [1.807, 2.05) is 20.8 Å². The topological polar surface area (TPSA) is 66.6 Å². The van der Waals surface area contributed by atoms with Gasteiger partial charge in [-0.3, -0.25) is 4.79 Å². The van der Waals surface area contributed by atoms with Crippen LogP contribution >= 0.6 is 11.8 Å². The minimum atomic E-state index is -0.142. The van der Waals surface area contributed by atoms with Gasteiger partial charge in [-0.15, -0.1) is 11.8 Å². The third kappa shape index (κ3) is 3.74. The molecular weight excluding hydrogens is 252 g/mol. The lowest BCUT2D eigenvalue weighted by Gasteiger charge is -2.22. The molecule has 0 fully saturated rings. The van der Waals surface area contributed by atoms with E-state index in [2.05, 4.69) is 5.16 Å². The molecule has 1 aromatic rings. The second-order valence-corrected chi connectivity index (χ2v) is 5.32. The van der Waals surface area contributed by atoms with Gasteiger partial charge < -0.3 is 14.5 Å². The Morgan fingerprint density at radius 1 is 1.56 bits per heavy atom. The third-order valence-electron chi connectivity index (χ3n) is 2.97. The van der Waals surface area contributed by atoms with Crippen LogP contribution in [0.4, 0.5) is 0 Å². The number of amides is 1. The second kappa shape index (κ2) is 6.80. The fraction of sp³-hybridized carbons (Fsp3) is 0.667. The Hall–Kier alpha value is -1.01. The minimum absolute atomic E-state index is 0.0171. The Morgan fingerprint density at radius 2 is 2.22 bits per heavy atom. The summed E-state index contributed by atoms with van der Waals surface area (Å²) in [5.41, 5.74) is 1.94. The first-order chi connectivity index (χ1) is 8.47.